The van der Waals surface area contributed by atoms with Gasteiger partial charge in [0.1, 0.15) is 0 Å². The van der Waals surface area contributed by atoms with Crippen LogP contribution in [-0.2, 0) is 0 Å². The van der Waals surface area contributed by atoms with Crippen molar-refractivity contribution in [3.63, 3.8) is 0 Å². The average Bonchev–Trinajstić information content (AvgIpc) is 2.48. The van der Waals surface area contributed by atoms with Gasteiger partial charge in [0, 0.05) is 0 Å². The molecular weight excluding hydrogens is 339 g/mol. The molecule has 1 aliphatic heterocycles. The molecule has 1 aliphatic rings. The molecule has 1 rings (SSSR count). The van der Waals surface area contributed by atoms with Gasteiger partial charge in [-0.05, 0) is 0 Å². The molecule has 1 heterocycles. The summed E-state index contributed by atoms with van der Waals surface area (Å²) in [5.74, 6) is 0. The summed E-state index contributed by atoms with van der Waals surface area (Å²) >= 11 is -2.19. The number of aliphatic imine (C=N–C) groups is 1. The molecule has 0 amide bonds. The van der Waals surface area contributed by atoms with Crippen molar-refractivity contribution < 1.29 is 0 Å². The van der Waals surface area contributed by atoms with Crippen LogP contribution >= 0.6 is 0 Å². The second-order valence-electron chi connectivity index (χ2n) is 5.82. The van der Waals surface area contributed by atoms with Crippen molar-refractivity contribution in [1.82, 2.24) is 3.12 Å². The van der Waals surface area contributed by atoms with Gasteiger partial charge in [0.25, 0.3) is 0 Å². The number of hydrogen-bond donors (Lipinski definition) is 0. The Morgan fingerprint density at radius 1 is 0.947 bits per heavy atom. The fraction of sp³-hybridized carbons (Fsp3) is 0.812. The fourth-order valence-electron chi connectivity index (χ4n) is 3.02. The minimum atomic E-state index is -2.19. The topological polar surface area (TPSA) is 15.6 Å². The van der Waals surface area contributed by atoms with E-state index in [1.165, 1.54) is 51.8 Å². The van der Waals surface area contributed by atoms with Crippen LogP contribution in [0.1, 0.15) is 59.3 Å². The van der Waals surface area contributed by atoms with Crippen LogP contribution in [0.3, 0.4) is 0 Å². The predicted octanol–water partition coefficient (Wildman–Crippen LogP) is 5.19. The molecule has 0 fully saturated rings. The molecular formula is C16H32N2Sn. The fourth-order valence-corrected chi connectivity index (χ4v) is 18.5. The molecule has 0 N–H and O–H groups in total. The third kappa shape index (κ3) is 5.48. The molecule has 2 nitrogen and oxygen atoms in total. The maximum absolute atomic E-state index is 4.52. The SMILES string of the molecule is CCC[CH2][Sn]([CH2]CCC)([CH2]CCC)[N]1C=CC=NC1. The zero-order valence-corrected chi connectivity index (χ0v) is 16.1. The van der Waals surface area contributed by atoms with Gasteiger partial charge < -0.3 is 0 Å². The van der Waals surface area contributed by atoms with E-state index in [-0.39, 0.29) is 0 Å². The van der Waals surface area contributed by atoms with Crippen LogP contribution in [-0.4, -0.2) is 34.7 Å². The first-order valence-corrected chi connectivity index (χ1v) is 15.6. The summed E-state index contributed by atoms with van der Waals surface area (Å²) in [6, 6.07) is 0. The molecule has 0 radical (unpaired) electrons. The Bertz CT molecular complexity index is 265. The van der Waals surface area contributed by atoms with E-state index in [0.29, 0.717) is 0 Å². The number of rotatable bonds is 10. The minimum absolute atomic E-state index is 0.948. The first kappa shape index (κ1) is 17.1. The summed E-state index contributed by atoms with van der Waals surface area (Å²) in [6.07, 6.45) is 14.8. The van der Waals surface area contributed by atoms with E-state index in [1.54, 1.807) is 0 Å². The second kappa shape index (κ2) is 9.84. The van der Waals surface area contributed by atoms with Crippen LogP contribution in [0.5, 0.6) is 0 Å². The molecule has 0 aromatic rings. The predicted molar refractivity (Wildman–Crippen MR) is 89.2 cm³/mol. The van der Waals surface area contributed by atoms with Crippen LogP contribution in [0.2, 0.25) is 13.3 Å². The van der Waals surface area contributed by atoms with Crippen LogP contribution in [0.25, 0.3) is 0 Å². The summed E-state index contributed by atoms with van der Waals surface area (Å²) in [7, 11) is 0. The van der Waals surface area contributed by atoms with Crippen LogP contribution in [0.4, 0.5) is 0 Å². The Hall–Kier alpha value is 0.00870. The number of nitrogens with zero attached hydrogens (tertiary/aromatic N) is 2. The summed E-state index contributed by atoms with van der Waals surface area (Å²) in [4.78, 5) is 4.52. The Balaban J connectivity index is 2.80. The Labute approximate surface area is 124 Å². The van der Waals surface area contributed by atoms with E-state index >= 15 is 0 Å². The number of allylic oxidation sites excluding steroid dienone is 1. The Morgan fingerprint density at radius 2 is 1.47 bits per heavy atom. The van der Waals surface area contributed by atoms with E-state index < -0.39 is 18.7 Å². The van der Waals surface area contributed by atoms with Gasteiger partial charge in [-0.25, -0.2) is 0 Å². The molecule has 19 heavy (non-hydrogen) atoms. The van der Waals surface area contributed by atoms with Gasteiger partial charge >= 0.3 is 125 Å². The van der Waals surface area contributed by atoms with Gasteiger partial charge in [0.15, 0.2) is 0 Å². The molecule has 0 aliphatic carbocycles. The molecule has 0 bridgehead atoms. The van der Waals surface area contributed by atoms with E-state index in [1.807, 2.05) is 6.21 Å². The van der Waals surface area contributed by atoms with E-state index in [9.17, 15) is 0 Å². The van der Waals surface area contributed by atoms with Gasteiger partial charge in [-0.3, -0.25) is 0 Å². The van der Waals surface area contributed by atoms with Crippen LogP contribution in [0.15, 0.2) is 17.3 Å². The Morgan fingerprint density at radius 3 is 1.84 bits per heavy atom. The molecule has 0 atom stereocenters. The van der Waals surface area contributed by atoms with Crippen molar-refractivity contribution in [2.75, 3.05) is 6.67 Å². The van der Waals surface area contributed by atoms with Crippen molar-refractivity contribution in [2.45, 2.75) is 72.6 Å². The molecule has 0 aromatic carbocycles. The quantitative estimate of drug-likeness (QED) is 0.483. The number of unbranched alkanes of at least 4 members (excludes halogenated alkanes) is 3. The van der Waals surface area contributed by atoms with E-state index in [4.69, 9.17) is 0 Å². The summed E-state index contributed by atoms with van der Waals surface area (Å²) in [6.45, 7) is 7.95. The van der Waals surface area contributed by atoms with Gasteiger partial charge in [0.2, 0.25) is 0 Å². The van der Waals surface area contributed by atoms with Crippen LogP contribution < -0.4 is 0 Å². The van der Waals surface area contributed by atoms with Crippen molar-refractivity contribution in [3.05, 3.63) is 12.3 Å². The van der Waals surface area contributed by atoms with Crippen LogP contribution in [0, 0.1) is 0 Å². The first-order valence-electron chi connectivity index (χ1n) is 8.22. The monoisotopic (exact) mass is 372 g/mol. The molecule has 0 saturated carbocycles. The normalized spacial score (nSPS) is 15.2. The van der Waals surface area contributed by atoms with Gasteiger partial charge in [0.05, 0.1) is 0 Å². The molecule has 0 aromatic heterocycles. The zero-order chi connectivity index (χ0) is 14.0. The van der Waals surface area contributed by atoms with E-state index in [0.717, 1.165) is 6.67 Å². The van der Waals surface area contributed by atoms with E-state index in [2.05, 4.69) is 41.2 Å². The molecule has 3 heteroatoms. The Kier molecular flexibility index (Phi) is 8.84. The van der Waals surface area contributed by atoms with Crippen molar-refractivity contribution in [1.29, 1.82) is 0 Å². The van der Waals surface area contributed by atoms with Crippen molar-refractivity contribution in [2.24, 2.45) is 4.99 Å². The zero-order valence-electron chi connectivity index (χ0n) is 13.2. The van der Waals surface area contributed by atoms with Gasteiger partial charge in [-0.15, -0.1) is 0 Å². The van der Waals surface area contributed by atoms with Gasteiger partial charge in [-0.2, -0.15) is 0 Å². The summed E-state index contributed by atoms with van der Waals surface area (Å²) < 4.78 is 7.33. The first-order chi connectivity index (χ1) is 9.29. The molecule has 0 unspecified atom stereocenters. The standard InChI is InChI=1S/C4H5N2.3C4H9.Sn/c1-2-5-4-6-3-1;3*1-3-4-2;/h1-3H,4H2;3*1,3-4H2,2H3;/q-1;;;;+1. The third-order valence-electron chi connectivity index (χ3n) is 4.29. The van der Waals surface area contributed by atoms with Gasteiger partial charge in [-0.1, -0.05) is 0 Å². The molecule has 0 spiro atoms. The second-order valence-corrected chi connectivity index (χ2v) is 18.7. The average molecular weight is 371 g/mol. The number of hydrogen-bond acceptors (Lipinski definition) is 2. The maximum atomic E-state index is 4.52. The summed E-state index contributed by atoms with van der Waals surface area (Å²) in [5.41, 5.74) is 0. The third-order valence-corrected chi connectivity index (χ3v) is 19.6. The molecule has 0 saturated heterocycles. The van der Waals surface area contributed by atoms with Crippen molar-refractivity contribution >= 4 is 24.9 Å². The molecule has 110 valence electrons. The summed E-state index contributed by atoms with van der Waals surface area (Å²) in [5, 5.41) is 0. The van der Waals surface area contributed by atoms with Crippen molar-refractivity contribution in [3.8, 4) is 0 Å².